The molecule has 0 aliphatic rings. The van der Waals surface area contributed by atoms with E-state index >= 15 is 0 Å². The summed E-state index contributed by atoms with van der Waals surface area (Å²) < 4.78 is 2.72. The molecule has 2 aromatic rings. The van der Waals surface area contributed by atoms with E-state index in [1.165, 1.54) is 11.9 Å². The van der Waals surface area contributed by atoms with Crippen LogP contribution in [0.15, 0.2) is 17.0 Å². The first-order chi connectivity index (χ1) is 6.61. The van der Waals surface area contributed by atoms with E-state index in [0.717, 1.165) is 10.1 Å². The van der Waals surface area contributed by atoms with Crippen LogP contribution in [0.2, 0.25) is 0 Å². The molecule has 0 aliphatic carbocycles. The summed E-state index contributed by atoms with van der Waals surface area (Å²) in [5.41, 5.74) is 7.79. The molecular formula is C9H11BrN4. The largest absolute Gasteiger partial charge is 0.382 e. The van der Waals surface area contributed by atoms with E-state index in [0.29, 0.717) is 11.7 Å². The Balaban J connectivity index is 2.80. The smallest absolute Gasteiger partial charge is 0.151 e. The van der Waals surface area contributed by atoms with Gasteiger partial charge in [-0.3, -0.25) is 0 Å². The Bertz CT molecular complexity index is 475. The van der Waals surface area contributed by atoms with Crippen LogP contribution in [0.3, 0.4) is 0 Å². The molecule has 0 amide bonds. The van der Waals surface area contributed by atoms with Crippen LogP contribution in [0.5, 0.6) is 0 Å². The highest BCUT2D eigenvalue weighted by Gasteiger charge is 2.13. The Morgan fingerprint density at radius 1 is 1.50 bits per heavy atom. The van der Waals surface area contributed by atoms with E-state index in [-0.39, 0.29) is 0 Å². The molecule has 0 aromatic carbocycles. The van der Waals surface area contributed by atoms with Gasteiger partial charge >= 0.3 is 0 Å². The standard InChI is InChI=1S/C9H11BrN4/c1-5(2)6-3-7-9(11)12-4-13-14(7)8(6)10/h3-5H,1-2H3,(H2,11,12,13). The minimum absolute atomic E-state index is 0.436. The highest BCUT2D eigenvalue weighted by Crippen LogP contribution is 2.29. The molecule has 2 N–H and O–H groups in total. The van der Waals surface area contributed by atoms with Crippen LogP contribution in [-0.4, -0.2) is 14.6 Å². The first-order valence-electron chi connectivity index (χ1n) is 4.39. The molecule has 0 bridgehead atoms. The maximum atomic E-state index is 5.75. The molecule has 2 aromatic heterocycles. The summed E-state index contributed by atoms with van der Waals surface area (Å²) in [7, 11) is 0. The predicted octanol–water partition coefficient (Wildman–Crippen LogP) is 2.20. The van der Waals surface area contributed by atoms with Crippen molar-refractivity contribution in [3.8, 4) is 0 Å². The topological polar surface area (TPSA) is 56.2 Å². The molecule has 0 atom stereocenters. The monoisotopic (exact) mass is 254 g/mol. The van der Waals surface area contributed by atoms with Gasteiger partial charge in [0.2, 0.25) is 0 Å². The summed E-state index contributed by atoms with van der Waals surface area (Å²) in [6.45, 7) is 4.26. The number of fused-ring (bicyclic) bond motifs is 1. The molecule has 0 spiro atoms. The maximum absolute atomic E-state index is 5.75. The SMILES string of the molecule is CC(C)c1cc2c(N)ncnn2c1Br. The lowest BCUT2D eigenvalue weighted by Gasteiger charge is -2.00. The normalized spacial score (nSPS) is 11.4. The van der Waals surface area contributed by atoms with Gasteiger partial charge in [0, 0.05) is 0 Å². The molecule has 0 unspecified atom stereocenters. The molecule has 5 heteroatoms. The molecule has 14 heavy (non-hydrogen) atoms. The van der Waals surface area contributed by atoms with Gasteiger partial charge < -0.3 is 5.73 Å². The number of nitrogens with zero attached hydrogens (tertiary/aromatic N) is 3. The van der Waals surface area contributed by atoms with Crippen molar-refractivity contribution in [2.24, 2.45) is 0 Å². The minimum Gasteiger partial charge on any atom is -0.382 e. The summed E-state index contributed by atoms with van der Waals surface area (Å²) in [5.74, 6) is 0.943. The molecule has 0 aliphatic heterocycles. The second-order valence-electron chi connectivity index (χ2n) is 3.49. The average Bonchev–Trinajstić information content (AvgIpc) is 2.46. The lowest BCUT2D eigenvalue weighted by atomic mass is 10.1. The van der Waals surface area contributed by atoms with E-state index in [9.17, 15) is 0 Å². The molecule has 0 fully saturated rings. The van der Waals surface area contributed by atoms with Crippen molar-refractivity contribution in [3.63, 3.8) is 0 Å². The van der Waals surface area contributed by atoms with E-state index in [1.807, 2.05) is 6.07 Å². The first-order valence-corrected chi connectivity index (χ1v) is 5.18. The molecule has 0 radical (unpaired) electrons. The summed E-state index contributed by atoms with van der Waals surface area (Å²) in [6, 6.07) is 2.02. The number of hydrogen-bond acceptors (Lipinski definition) is 3. The predicted molar refractivity (Wildman–Crippen MR) is 59.2 cm³/mol. The van der Waals surface area contributed by atoms with E-state index in [2.05, 4.69) is 39.9 Å². The number of anilines is 1. The lowest BCUT2D eigenvalue weighted by molar-refractivity contribution is 0.830. The van der Waals surface area contributed by atoms with Gasteiger partial charge in [0.1, 0.15) is 16.4 Å². The first kappa shape index (κ1) is 9.45. The fourth-order valence-electron chi connectivity index (χ4n) is 1.40. The lowest BCUT2D eigenvalue weighted by Crippen LogP contribution is -1.98. The van der Waals surface area contributed by atoms with Gasteiger partial charge in [-0.1, -0.05) is 13.8 Å². The third-order valence-corrected chi connectivity index (χ3v) is 2.99. The quantitative estimate of drug-likeness (QED) is 0.849. The number of hydrogen-bond donors (Lipinski definition) is 1. The van der Waals surface area contributed by atoms with Crippen LogP contribution in [-0.2, 0) is 0 Å². The van der Waals surface area contributed by atoms with Crippen molar-refractivity contribution in [2.75, 3.05) is 5.73 Å². The van der Waals surface area contributed by atoms with E-state index < -0.39 is 0 Å². The van der Waals surface area contributed by atoms with Crippen LogP contribution < -0.4 is 5.73 Å². The van der Waals surface area contributed by atoms with E-state index in [4.69, 9.17) is 5.73 Å². The van der Waals surface area contributed by atoms with Crippen molar-refractivity contribution in [1.82, 2.24) is 14.6 Å². The van der Waals surface area contributed by atoms with Crippen molar-refractivity contribution in [3.05, 3.63) is 22.6 Å². The molecule has 2 rings (SSSR count). The number of rotatable bonds is 1. The number of halogens is 1. The van der Waals surface area contributed by atoms with Crippen molar-refractivity contribution in [1.29, 1.82) is 0 Å². The molecule has 0 saturated heterocycles. The zero-order valence-electron chi connectivity index (χ0n) is 8.03. The van der Waals surface area contributed by atoms with Gasteiger partial charge in [-0.05, 0) is 33.5 Å². The summed E-state index contributed by atoms with van der Waals surface area (Å²) >= 11 is 3.50. The average molecular weight is 255 g/mol. The summed E-state index contributed by atoms with van der Waals surface area (Å²) in [6.07, 6.45) is 1.46. The fourth-order valence-corrected chi connectivity index (χ4v) is 2.26. The van der Waals surface area contributed by atoms with Gasteiger partial charge in [-0.25, -0.2) is 9.50 Å². The number of nitrogens with two attached hydrogens (primary N) is 1. The molecule has 2 heterocycles. The van der Waals surface area contributed by atoms with Crippen LogP contribution in [0.25, 0.3) is 5.52 Å². The van der Waals surface area contributed by atoms with Crippen molar-refractivity contribution in [2.45, 2.75) is 19.8 Å². The highest BCUT2D eigenvalue weighted by molar-refractivity contribution is 9.10. The summed E-state index contributed by atoms with van der Waals surface area (Å²) in [5, 5.41) is 4.12. The molecular weight excluding hydrogens is 244 g/mol. The summed E-state index contributed by atoms with van der Waals surface area (Å²) in [4.78, 5) is 3.95. The van der Waals surface area contributed by atoms with Gasteiger partial charge in [0.15, 0.2) is 5.82 Å². The Morgan fingerprint density at radius 3 is 2.79 bits per heavy atom. The zero-order valence-corrected chi connectivity index (χ0v) is 9.62. The molecule has 74 valence electrons. The number of aromatic nitrogens is 3. The molecule has 4 nitrogen and oxygen atoms in total. The van der Waals surface area contributed by atoms with Crippen molar-refractivity contribution >= 4 is 27.3 Å². The third-order valence-electron chi connectivity index (χ3n) is 2.19. The Morgan fingerprint density at radius 2 is 2.21 bits per heavy atom. The van der Waals surface area contributed by atoms with Gasteiger partial charge in [0.05, 0.1) is 0 Å². The second kappa shape index (κ2) is 3.24. The van der Waals surface area contributed by atoms with Crippen LogP contribution in [0.4, 0.5) is 5.82 Å². The van der Waals surface area contributed by atoms with Gasteiger partial charge in [0.25, 0.3) is 0 Å². The van der Waals surface area contributed by atoms with Gasteiger partial charge in [-0.2, -0.15) is 5.10 Å². The Hall–Kier alpha value is -1.10. The Kier molecular flexibility index (Phi) is 2.19. The number of nitrogen functional groups attached to an aromatic ring is 1. The van der Waals surface area contributed by atoms with Gasteiger partial charge in [-0.15, -0.1) is 0 Å². The maximum Gasteiger partial charge on any atom is 0.151 e. The van der Waals surface area contributed by atoms with Crippen LogP contribution in [0, 0.1) is 0 Å². The second-order valence-corrected chi connectivity index (χ2v) is 4.24. The van der Waals surface area contributed by atoms with E-state index in [1.54, 1.807) is 4.52 Å². The molecule has 0 saturated carbocycles. The minimum atomic E-state index is 0.436. The Labute approximate surface area is 90.3 Å². The zero-order chi connectivity index (χ0) is 10.3. The highest BCUT2D eigenvalue weighted by atomic mass is 79.9. The van der Waals surface area contributed by atoms with Crippen LogP contribution in [0.1, 0.15) is 25.3 Å². The third kappa shape index (κ3) is 1.28. The van der Waals surface area contributed by atoms with Crippen molar-refractivity contribution < 1.29 is 0 Å². The van der Waals surface area contributed by atoms with Crippen LogP contribution >= 0.6 is 15.9 Å². The fraction of sp³-hybridized carbons (Fsp3) is 0.333.